The fourth-order valence-electron chi connectivity index (χ4n) is 3.14. The zero-order chi connectivity index (χ0) is 21.8. The van der Waals surface area contributed by atoms with E-state index in [1.807, 2.05) is 0 Å². The lowest BCUT2D eigenvalue weighted by molar-refractivity contribution is -0.176. The average molecular weight is 423 g/mol. The molecule has 2 aliphatic rings. The Morgan fingerprint density at radius 2 is 1.79 bits per heavy atom. The van der Waals surface area contributed by atoms with E-state index in [9.17, 15) is 22.8 Å². The van der Waals surface area contributed by atoms with Crippen molar-refractivity contribution in [2.45, 2.75) is 43.2 Å². The molecule has 2 aliphatic heterocycles. The summed E-state index contributed by atoms with van der Waals surface area (Å²) in [6.07, 6.45) is -0.378. The van der Waals surface area contributed by atoms with Gasteiger partial charge in [-0.05, 0) is 32.9 Å². The maximum Gasteiger partial charge on any atom is 0.445 e. The Bertz CT molecular complexity index is 1020. The van der Waals surface area contributed by atoms with Crippen LogP contribution in [0.5, 0.6) is 0 Å². The van der Waals surface area contributed by atoms with Crippen molar-refractivity contribution in [2.24, 2.45) is 5.10 Å². The molecule has 0 N–H and O–H groups in total. The molecule has 1 unspecified atom stereocenters. The highest BCUT2D eigenvalue weighted by Crippen LogP contribution is 2.39. The summed E-state index contributed by atoms with van der Waals surface area (Å²) in [5.74, 6) is -1.43. The number of sulfone groups is 1. The average Bonchev–Trinajstić information content (AvgIpc) is 3.06. The zero-order valence-corrected chi connectivity index (χ0v) is 17.4. The van der Waals surface area contributed by atoms with Gasteiger partial charge in [-0.3, -0.25) is 4.79 Å². The summed E-state index contributed by atoms with van der Waals surface area (Å²) in [6.45, 7) is 4.91. The van der Waals surface area contributed by atoms with Gasteiger partial charge in [0.05, 0.1) is 11.3 Å². The second kappa shape index (κ2) is 6.55. The molecule has 0 aromatic heterocycles. The number of hydrazone groups is 1. The van der Waals surface area contributed by atoms with E-state index in [1.54, 1.807) is 20.8 Å². The Morgan fingerprint density at radius 1 is 1.21 bits per heavy atom. The Labute approximate surface area is 167 Å². The molecule has 1 aromatic carbocycles. The van der Waals surface area contributed by atoms with Crippen LogP contribution in [0, 0.1) is 0 Å². The number of nitrogens with zero attached hydrogens (tertiary/aromatic N) is 3. The molecule has 1 spiro atoms. The minimum atomic E-state index is -3.43. The van der Waals surface area contributed by atoms with Gasteiger partial charge in [0.1, 0.15) is 11.3 Å². The van der Waals surface area contributed by atoms with Gasteiger partial charge in [0, 0.05) is 18.9 Å². The lowest BCUT2D eigenvalue weighted by atomic mass is 9.85. The first kappa shape index (κ1) is 20.8. The summed E-state index contributed by atoms with van der Waals surface area (Å²) in [4.78, 5) is 43.0. The molecule has 0 bridgehead atoms. The third-order valence-corrected chi connectivity index (χ3v) is 5.47. The summed E-state index contributed by atoms with van der Waals surface area (Å²) >= 11 is 0. The number of carbonyl (C=O) groups excluding carboxylic acids is 3. The van der Waals surface area contributed by atoms with Gasteiger partial charge >= 0.3 is 12.1 Å². The van der Waals surface area contributed by atoms with Crippen LogP contribution < -0.4 is 0 Å². The number of hydroxylamine groups is 2. The van der Waals surface area contributed by atoms with E-state index in [2.05, 4.69) is 5.10 Å². The van der Waals surface area contributed by atoms with Crippen LogP contribution in [0.3, 0.4) is 0 Å². The SMILES string of the molecule is CN1N=C(c2ccc(S(C)(=O)=O)cc2)C2(CC(=O)ON2C(=O)OC(C)(C)C)C1=O. The number of likely N-dealkylation sites (N-methyl/N-ethyl adjacent to an activating group) is 1. The van der Waals surface area contributed by atoms with Gasteiger partial charge < -0.3 is 9.57 Å². The second-order valence-electron chi connectivity index (χ2n) is 7.85. The van der Waals surface area contributed by atoms with Crippen LogP contribution in [0.25, 0.3) is 0 Å². The van der Waals surface area contributed by atoms with Crippen molar-refractivity contribution < 1.29 is 32.4 Å². The summed E-state index contributed by atoms with van der Waals surface area (Å²) in [5, 5.41) is 5.83. The van der Waals surface area contributed by atoms with Crippen LogP contribution >= 0.6 is 0 Å². The zero-order valence-electron chi connectivity index (χ0n) is 16.6. The van der Waals surface area contributed by atoms with E-state index >= 15 is 0 Å². The molecule has 0 saturated carbocycles. The van der Waals surface area contributed by atoms with Crippen molar-refractivity contribution in [1.82, 2.24) is 10.1 Å². The van der Waals surface area contributed by atoms with Gasteiger partial charge in [0.15, 0.2) is 9.84 Å². The molecule has 156 valence electrons. The van der Waals surface area contributed by atoms with Gasteiger partial charge in [-0.1, -0.05) is 12.1 Å². The van der Waals surface area contributed by atoms with Crippen LogP contribution in [0.2, 0.25) is 0 Å². The Balaban J connectivity index is 2.09. The summed E-state index contributed by atoms with van der Waals surface area (Å²) in [7, 11) is -2.04. The van der Waals surface area contributed by atoms with Crippen molar-refractivity contribution in [3.8, 4) is 0 Å². The second-order valence-corrected chi connectivity index (χ2v) is 9.86. The molecule has 0 aliphatic carbocycles. The molecule has 0 radical (unpaired) electrons. The van der Waals surface area contributed by atoms with Crippen LogP contribution in [-0.4, -0.2) is 66.6 Å². The first-order valence-electron chi connectivity index (χ1n) is 8.67. The molecule has 29 heavy (non-hydrogen) atoms. The van der Waals surface area contributed by atoms with E-state index in [4.69, 9.17) is 9.57 Å². The molecule has 3 rings (SSSR count). The molecule has 2 amide bonds. The highest BCUT2D eigenvalue weighted by molar-refractivity contribution is 7.90. The fraction of sp³-hybridized carbons (Fsp3) is 0.444. The quantitative estimate of drug-likeness (QED) is 0.698. The van der Waals surface area contributed by atoms with Crippen molar-refractivity contribution in [3.05, 3.63) is 29.8 Å². The Hall–Kier alpha value is -2.95. The number of ether oxygens (including phenoxy) is 1. The Kier molecular flexibility index (Phi) is 4.69. The van der Waals surface area contributed by atoms with Gasteiger partial charge in [-0.15, -0.1) is 5.06 Å². The molecule has 1 aromatic rings. The number of carbonyl (C=O) groups is 3. The number of rotatable bonds is 2. The van der Waals surface area contributed by atoms with Crippen LogP contribution in [-0.2, 0) is 29.0 Å². The van der Waals surface area contributed by atoms with Crippen molar-refractivity contribution >= 4 is 33.5 Å². The predicted octanol–water partition coefficient (Wildman–Crippen LogP) is 1.10. The van der Waals surface area contributed by atoms with Gasteiger partial charge in [-0.2, -0.15) is 5.10 Å². The predicted molar refractivity (Wildman–Crippen MR) is 100 cm³/mol. The standard InChI is InChI=1S/C18H21N3O7S/c1-17(2,3)27-16(24)21-18(10-13(22)28-21)14(19-20(4)15(18)23)11-6-8-12(9-7-11)29(5,25)26/h6-9H,10H2,1-5H3. The molecule has 2 heterocycles. The lowest BCUT2D eigenvalue weighted by Crippen LogP contribution is -2.58. The van der Waals surface area contributed by atoms with E-state index in [0.717, 1.165) is 11.3 Å². The molecule has 1 saturated heterocycles. The third-order valence-electron chi connectivity index (χ3n) is 4.34. The van der Waals surface area contributed by atoms with Gasteiger partial charge in [0.25, 0.3) is 5.91 Å². The number of benzene rings is 1. The van der Waals surface area contributed by atoms with Gasteiger partial charge in [0.2, 0.25) is 5.54 Å². The van der Waals surface area contributed by atoms with E-state index in [-0.39, 0.29) is 10.6 Å². The van der Waals surface area contributed by atoms with Crippen molar-refractivity contribution in [2.75, 3.05) is 13.3 Å². The number of amides is 2. The van der Waals surface area contributed by atoms with Crippen LogP contribution in [0.1, 0.15) is 32.8 Å². The number of hydrogen-bond donors (Lipinski definition) is 0. The van der Waals surface area contributed by atoms with Crippen LogP contribution in [0.15, 0.2) is 34.3 Å². The molecule has 1 fully saturated rings. The maximum absolute atomic E-state index is 13.0. The smallest absolute Gasteiger partial charge is 0.442 e. The highest BCUT2D eigenvalue weighted by Gasteiger charge is 2.65. The minimum Gasteiger partial charge on any atom is -0.442 e. The monoisotopic (exact) mass is 423 g/mol. The first-order valence-corrected chi connectivity index (χ1v) is 10.6. The summed E-state index contributed by atoms with van der Waals surface area (Å²) < 4.78 is 28.7. The minimum absolute atomic E-state index is 0.0799. The van der Waals surface area contributed by atoms with E-state index < -0.39 is 45.4 Å². The number of hydrogen-bond acceptors (Lipinski definition) is 8. The Morgan fingerprint density at radius 3 is 2.31 bits per heavy atom. The van der Waals surface area contributed by atoms with Crippen LogP contribution in [0.4, 0.5) is 4.79 Å². The lowest BCUT2D eigenvalue weighted by Gasteiger charge is -2.31. The molecular weight excluding hydrogens is 402 g/mol. The first-order chi connectivity index (χ1) is 13.3. The molecule has 10 nitrogen and oxygen atoms in total. The van der Waals surface area contributed by atoms with Crippen molar-refractivity contribution in [3.63, 3.8) is 0 Å². The largest absolute Gasteiger partial charge is 0.445 e. The summed E-state index contributed by atoms with van der Waals surface area (Å²) in [6, 6.07) is 5.64. The molecular formula is C18H21N3O7S. The van der Waals surface area contributed by atoms with Crippen molar-refractivity contribution in [1.29, 1.82) is 0 Å². The van der Waals surface area contributed by atoms with E-state index in [1.165, 1.54) is 31.3 Å². The molecule has 1 atom stereocenters. The van der Waals surface area contributed by atoms with Gasteiger partial charge in [-0.25, -0.2) is 23.0 Å². The van der Waals surface area contributed by atoms with E-state index in [0.29, 0.717) is 10.6 Å². The molecule has 11 heteroatoms. The maximum atomic E-state index is 13.0. The summed E-state index contributed by atoms with van der Waals surface area (Å²) in [5.41, 5.74) is -2.28. The normalized spacial score (nSPS) is 22.2. The third kappa shape index (κ3) is 3.57. The topological polar surface area (TPSA) is 123 Å². The fourth-order valence-corrected chi connectivity index (χ4v) is 3.77. The highest BCUT2D eigenvalue weighted by atomic mass is 32.2.